The number of carbonyl (C=O) groups excluding carboxylic acids is 1. The van der Waals surface area contributed by atoms with Gasteiger partial charge in [0.25, 0.3) is 5.91 Å². The molecule has 0 atom stereocenters. The van der Waals surface area contributed by atoms with Crippen LogP contribution in [0.3, 0.4) is 0 Å². The zero-order chi connectivity index (χ0) is 21.8. The van der Waals surface area contributed by atoms with Gasteiger partial charge in [-0.1, -0.05) is 36.4 Å². The summed E-state index contributed by atoms with van der Waals surface area (Å²) in [6.45, 7) is 0. The lowest BCUT2D eigenvalue weighted by atomic mass is 10.1. The Morgan fingerprint density at radius 3 is 2.39 bits per heavy atom. The maximum absolute atomic E-state index is 13.2. The number of aromatic hydroxyl groups is 1. The Hall–Kier alpha value is -4.26. The molecule has 0 spiro atoms. The molecule has 1 heterocycles. The van der Waals surface area contributed by atoms with Crippen LogP contribution in [-0.2, 0) is 4.79 Å². The fraction of sp³-hybridized carbons (Fsp3) is 0.0833. The van der Waals surface area contributed by atoms with Crippen molar-refractivity contribution in [2.45, 2.75) is 0 Å². The van der Waals surface area contributed by atoms with Gasteiger partial charge in [0, 0.05) is 5.56 Å². The summed E-state index contributed by atoms with van der Waals surface area (Å²) in [4.78, 5) is 17.8. The number of ether oxygens (including phenoxy) is 2. The van der Waals surface area contributed by atoms with Crippen LogP contribution in [-0.4, -0.2) is 36.1 Å². The number of phenols is 1. The second-order valence-corrected chi connectivity index (χ2v) is 6.74. The van der Waals surface area contributed by atoms with Gasteiger partial charge in [-0.05, 0) is 48.0 Å². The number of hydrogen-bond acceptors (Lipinski definition) is 6. The average molecular weight is 415 g/mol. The van der Waals surface area contributed by atoms with E-state index in [4.69, 9.17) is 9.47 Å². The van der Waals surface area contributed by atoms with Crippen LogP contribution in [0.4, 0.5) is 5.69 Å². The van der Waals surface area contributed by atoms with Crippen LogP contribution in [0.5, 0.6) is 17.2 Å². The fourth-order valence-corrected chi connectivity index (χ4v) is 3.14. The van der Waals surface area contributed by atoms with Crippen molar-refractivity contribution in [2.24, 2.45) is 4.99 Å². The summed E-state index contributed by atoms with van der Waals surface area (Å²) in [5.41, 5.74) is 5.58. The molecule has 4 rings (SSSR count). The molecule has 31 heavy (non-hydrogen) atoms. The number of carbonyl (C=O) groups is 1. The van der Waals surface area contributed by atoms with Crippen molar-refractivity contribution in [1.82, 2.24) is 5.01 Å². The molecule has 0 bridgehead atoms. The first kappa shape index (κ1) is 20.0. The van der Waals surface area contributed by atoms with E-state index in [1.165, 1.54) is 18.2 Å². The molecular formula is C24H21N3O4. The van der Waals surface area contributed by atoms with Crippen molar-refractivity contribution in [3.63, 3.8) is 0 Å². The van der Waals surface area contributed by atoms with Crippen molar-refractivity contribution in [2.75, 3.05) is 19.6 Å². The van der Waals surface area contributed by atoms with Crippen LogP contribution >= 0.6 is 0 Å². The zero-order valence-corrected chi connectivity index (χ0v) is 17.1. The van der Waals surface area contributed by atoms with E-state index in [0.29, 0.717) is 22.8 Å². The van der Waals surface area contributed by atoms with Crippen LogP contribution in [0.15, 0.2) is 83.5 Å². The summed E-state index contributed by atoms with van der Waals surface area (Å²) < 4.78 is 10.3. The minimum absolute atomic E-state index is 0.0265. The molecule has 0 saturated heterocycles. The average Bonchev–Trinajstić information content (AvgIpc) is 3.11. The number of amidine groups is 1. The molecule has 1 aliphatic heterocycles. The van der Waals surface area contributed by atoms with E-state index in [0.717, 1.165) is 11.3 Å². The topological polar surface area (TPSA) is 83.4 Å². The largest absolute Gasteiger partial charge is 0.504 e. The molecule has 0 aromatic heterocycles. The number of hydrogen-bond donors (Lipinski definition) is 2. The van der Waals surface area contributed by atoms with E-state index in [-0.39, 0.29) is 17.4 Å². The highest BCUT2D eigenvalue weighted by Gasteiger charge is 2.31. The normalized spacial score (nSPS) is 14.5. The van der Waals surface area contributed by atoms with Crippen LogP contribution in [0, 0.1) is 0 Å². The van der Waals surface area contributed by atoms with Crippen LogP contribution in [0.25, 0.3) is 6.08 Å². The Labute approximate surface area is 179 Å². The van der Waals surface area contributed by atoms with Gasteiger partial charge in [0.2, 0.25) is 0 Å². The molecule has 1 amide bonds. The number of anilines is 1. The summed E-state index contributed by atoms with van der Waals surface area (Å²) >= 11 is 0. The minimum atomic E-state index is -0.304. The van der Waals surface area contributed by atoms with E-state index in [9.17, 15) is 9.90 Å². The van der Waals surface area contributed by atoms with Gasteiger partial charge in [-0.2, -0.15) is 5.01 Å². The van der Waals surface area contributed by atoms with Crippen molar-refractivity contribution in [3.05, 3.63) is 89.6 Å². The molecule has 7 heteroatoms. The smallest absolute Gasteiger partial charge is 0.297 e. The molecule has 0 radical (unpaired) electrons. The number of benzene rings is 3. The van der Waals surface area contributed by atoms with E-state index >= 15 is 0 Å². The number of methoxy groups -OCH3 is 2. The molecule has 0 unspecified atom stereocenters. The number of aliphatic imine (C=N–C) groups is 1. The van der Waals surface area contributed by atoms with Crippen molar-refractivity contribution < 1.29 is 19.4 Å². The highest BCUT2D eigenvalue weighted by molar-refractivity contribution is 6.20. The molecule has 7 nitrogen and oxygen atoms in total. The first-order valence-electron chi connectivity index (χ1n) is 9.57. The lowest BCUT2D eigenvalue weighted by molar-refractivity contribution is -0.121. The molecule has 2 N–H and O–H groups in total. The molecule has 0 fully saturated rings. The number of hydrazine groups is 1. The zero-order valence-electron chi connectivity index (χ0n) is 17.1. The summed E-state index contributed by atoms with van der Waals surface area (Å²) in [5, 5.41) is 11.2. The Morgan fingerprint density at radius 1 is 0.968 bits per heavy atom. The summed E-state index contributed by atoms with van der Waals surface area (Å²) in [7, 11) is 3.07. The van der Waals surface area contributed by atoms with E-state index in [2.05, 4.69) is 10.4 Å². The van der Waals surface area contributed by atoms with Gasteiger partial charge >= 0.3 is 0 Å². The molecule has 1 aliphatic rings. The SMILES string of the molecule is COc1ccc(NN2C(=O)/C(=C/c3ccc(O)c(OC)c3)N=C2c2ccccc2)cc1. The van der Waals surface area contributed by atoms with Gasteiger partial charge in [-0.15, -0.1) is 0 Å². The lowest BCUT2D eigenvalue weighted by Gasteiger charge is -2.20. The minimum Gasteiger partial charge on any atom is -0.504 e. The van der Waals surface area contributed by atoms with Crippen molar-refractivity contribution in [1.29, 1.82) is 0 Å². The first-order chi connectivity index (χ1) is 15.1. The van der Waals surface area contributed by atoms with Crippen LogP contribution in [0.2, 0.25) is 0 Å². The van der Waals surface area contributed by atoms with Gasteiger partial charge in [-0.25, -0.2) is 4.99 Å². The van der Waals surface area contributed by atoms with Gasteiger partial charge in [0.05, 0.1) is 19.9 Å². The third-order valence-electron chi connectivity index (χ3n) is 4.73. The van der Waals surface area contributed by atoms with Crippen LogP contribution in [0.1, 0.15) is 11.1 Å². The lowest BCUT2D eigenvalue weighted by Crippen LogP contribution is -2.37. The number of rotatable bonds is 6. The van der Waals surface area contributed by atoms with E-state index < -0.39 is 0 Å². The summed E-state index contributed by atoms with van der Waals surface area (Å²) in [6.07, 6.45) is 1.66. The quantitative estimate of drug-likeness (QED) is 0.593. The molecule has 3 aromatic carbocycles. The second-order valence-electron chi connectivity index (χ2n) is 6.74. The predicted octanol–water partition coefficient (Wildman–Crippen LogP) is 4.07. The first-order valence-corrected chi connectivity index (χ1v) is 9.57. The third kappa shape index (κ3) is 4.20. The second kappa shape index (κ2) is 8.62. The molecule has 0 saturated carbocycles. The summed E-state index contributed by atoms with van der Waals surface area (Å²) in [6, 6.07) is 21.6. The number of amides is 1. The van der Waals surface area contributed by atoms with Gasteiger partial charge in [0.15, 0.2) is 17.3 Å². The summed E-state index contributed by atoms with van der Waals surface area (Å²) in [5.74, 6) is 1.25. The maximum atomic E-state index is 13.2. The monoisotopic (exact) mass is 415 g/mol. The van der Waals surface area contributed by atoms with Gasteiger partial charge in [0.1, 0.15) is 11.4 Å². The number of nitrogens with one attached hydrogen (secondary N) is 1. The fourth-order valence-electron chi connectivity index (χ4n) is 3.14. The highest BCUT2D eigenvalue weighted by atomic mass is 16.5. The molecule has 3 aromatic rings. The number of phenolic OH excluding ortho intramolecular Hbond substituents is 1. The van der Waals surface area contributed by atoms with Gasteiger partial charge in [-0.3, -0.25) is 10.2 Å². The molecular weight excluding hydrogens is 394 g/mol. The van der Waals surface area contributed by atoms with Crippen molar-refractivity contribution >= 4 is 23.5 Å². The number of nitrogens with zero attached hydrogens (tertiary/aromatic N) is 2. The Kier molecular flexibility index (Phi) is 5.57. The predicted molar refractivity (Wildman–Crippen MR) is 119 cm³/mol. The maximum Gasteiger partial charge on any atom is 0.297 e. The van der Waals surface area contributed by atoms with Crippen molar-refractivity contribution in [3.8, 4) is 17.2 Å². The van der Waals surface area contributed by atoms with Gasteiger partial charge < -0.3 is 14.6 Å². The Bertz CT molecular complexity index is 1160. The molecule has 156 valence electrons. The molecule has 0 aliphatic carbocycles. The Balaban J connectivity index is 1.71. The third-order valence-corrected chi connectivity index (χ3v) is 4.73. The highest BCUT2D eigenvalue weighted by Crippen LogP contribution is 2.29. The van der Waals surface area contributed by atoms with E-state index in [1.807, 2.05) is 54.6 Å². The van der Waals surface area contributed by atoms with E-state index in [1.54, 1.807) is 25.3 Å². The standard InChI is InChI=1S/C24H21N3O4/c1-30-19-11-9-18(10-12-19)26-27-23(17-6-4-3-5-7-17)25-20(24(27)29)14-16-8-13-21(28)22(15-16)31-2/h3-15,26,28H,1-2H3/b20-14-. The Morgan fingerprint density at radius 2 is 1.71 bits per heavy atom. The van der Waals surface area contributed by atoms with Crippen LogP contribution < -0.4 is 14.9 Å².